The van der Waals surface area contributed by atoms with Crippen molar-refractivity contribution in [1.82, 2.24) is 0 Å². The third-order valence-corrected chi connectivity index (χ3v) is 2.99. The molecule has 0 saturated carbocycles. The minimum absolute atomic E-state index is 0.115. The van der Waals surface area contributed by atoms with E-state index >= 15 is 0 Å². The van der Waals surface area contributed by atoms with Gasteiger partial charge in [0.15, 0.2) is 0 Å². The number of esters is 1. The smallest absolute Gasteiger partial charge is 0.339 e. The zero-order valence-corrected chi connectivity index (χ0v) is 9.29. The Bertz CT molecular complexity index is 355. The summed E-state index contributed by atoms with van der Waals surface area (Å²) in [6.07, 6.45) is 1.48. The predicted molar refractivity (Wildman–Crippen MR) is 55.7 cm³/mol. The van der Waals surface area contributed by atoms with Gasteiger partial charge >= 0.3 is 5.97 Å². The molecule has 1 unspecified atom stereocenters. The van der Waals surface area contributed by atoms with E-state index in [-0.39, 0.29) is 12.0 Å². The molecule has 15 heavy (non-hydrogen) atoms. The van der Waals surface area contributed by atoms with Crippen molar-refractivity contribution in [3.63, 3.8) is 0 Å². The average Bonchev–Trinajstić information content (AvgIpc) is 2.11. The fourth-order valence-corrected chi connectivity index (χ4v) is 2.04. The van der Waals surface area contributed by atoms with E-state index in [1.54, 1.807) is 6.92 Å². The number of hydrogen-bond donors (Lipinski definition) is 1. The summed E-state index contributed by atoms with van der Waals surface area (Å²) >= 11 is 0. The molecule has 6 heteroatoms. The van der Waals surface area contributed by atoms with E-state index in [9.17, 15) is 13.2 Å². The Morgan fingerprint density at radius 3 is 2.47 bits per heavy atom. The van der Waals surface area contributed by atoms with Crippen LogP contribution in [0.4, 0.5) is 0 Å². The number of hydrogen-bond acceptors (Lipinski definition) is 4. The molecule has 0 fully saturated rings. The molecule has 0 amide bonds. The van der Waals surface area contributed by atoms with Crippen LogP contribution < -0.4 is 0 Å². The van der Waals surface area contributed by atoms with Crippen LogP contribution >= 0.6 is 0 Å². The molecule has 0 spiro atoms. The summed E-state index contributed by atoms with van der Waals surface area (Å²) in [5.74, 6) is -0.902. The number of carbonyl (C=O) groups is 1. The van der Waals surface area contributed by atoms with E-state index in [1.807, 2.05) is 0 Å². The lowest BCUT2D eigenvalue weighted by molar-refractivity contribution is -0.133. The van der Waals surface area contributed by atoms with Gasteiger partial charge in [-0.3, -0.25) is 4.55 Å². The molecule has 0 aliphatic rings. The van der Waals surface area contributed by atoms with Gasteiger partial charge in [-0.1, -0.05) is 26.5 Å². The topological polar surface area (TPSA) is 80.7 Å². The van der Waals surface area contributed by atoms with Crippen molar-refractivity contribution >= 4 is 16.1 Å². The first-order valence-corrected chi connectivity index (χ1v) is 5.81. The highest BCUT2D eigenvalue weighted by atomic mass is 32.2. The zero-order chi connectivity index (χ0) is 12.1. The first-order chi connectivity index (χ1) is 6.84. The molecular weight excluding hydrogens is 220 g/mol. The number of rotatable bonds is 6. The first-order valence-electron chi connectivity index (χ1n) is 4.31. The second kappa shape index (κ2) is 5.67. The van der Waals surface area contributed by atoms with Gasteiger partial charge in [0.2, 0.25) is 0 Å². The van der Waals surface area contributed by atoms with Crippen molar-refractivity contribution in [2.24, 2.45) is 0 Å². The van der Waals surface area contributed by atoms with Gasteiger partial charge in [-0.25, -0.2) is 4.79 Å². The lowest BCUT2D eigenvalue weighted by Gasteiger charge is -2.13. The van der Waals surface area contributed by atoms with Crippen LogP contribution in [-0.4, -0.2) is 24.2 Å². The van der Waals surface area contributed by atoms with Crippen molar-refractivity contribution < 1.29 is 22.5 Å². The summed E-state index contributed by atoms with van der Waals surface area (Å²) in [4.78, 5) is 11.1. The monoisotopic (exact) mass is 234 g/mol. The van der Waals surface area contributed by atoms with Crippen molar-refractivity contribution in [3.05, 3.63) is 25.0 Å². The molecule has 86 valence electrons. The normalized spacial score (nSPS) is 12.9. The fraction of sp³-hybridized carbons (Fsp3) is 0.444. The average molecular weight is 234 g/mol. The van der Waals surface area contributed by atoms with Crippen molar-refractivity contribution in [1.29, 1.82) is 0 Å². The second-order valence-corrected chi connectivity index (χ2v) is 4.49. The van der Waals surface area contributed by atoms with Gasteiger partial charge in [-0.05, 0) is 6.42 Å². The Kier molecular flexibility index (Phi) is 5.24. The van der Waals surface area contributed by atoms with E-state index in [2.05, 4.69) is 17.9 Å². The van der Waals surface area contributed by atoms with E-state index in [1.165, 1.54) is 0 Å². The molecule has 0 bridgehead atoms. The molecular formula is C9H14O5S. The first kappa shape index (κ1) is 13.9. The summed E-state index contributed by atoms with van der Waals surface area (Å²) in [6.45, 7) is 8.18. The van der Waals surface area contributed by atoms with Crippen LogP contribution in [0, 0.1) is 0 Å². The van der Waals surface area contributed by atoms with Gasteiger partial charge in [-0.2, -0.15) is 8.42 Å². The van der Waals surface area contributed by atoms with Crippen LogP contribution in [0.15, 0.2) is 25.0 Å². The largest absolute Gasteiger partial charge is 0.432 e. The Labute approximate surface area is 89.2 Å². The lowest BCUT2D eigenvalue weighted by Crippen LogP contribution is -2.27. The highest BCUT2D eigenvalue weighted by Gasteiger charge is 2.29. The third-order valence-electron chi connectivity index (χ3n) is 1.75. The van der Waals surface area contributed by atoms with Crippen molar-refractivity contribution in [3.8, 4) is 0 Å². The molecule has 0 aliphatic carbocycles. The Balaban J connectivity index is 4.87. The molecule has 0 aromatic carbocycles. The van der Waals surface area contributed by atoms with Crippen molar-refractivity contribution in [2.75, 3.05) is 0 Å². The number of carbonyl (C=O) groups excluding carboxylic acids is 1. The molecule has 0 aromatic heterocycles. The molecule has 0 heterocycles. The zero-order valence-electron chi connectivity index (χ0n) is 8.47. The van der Waals surface area contributed by atoms with Gasteiger partial charge < -0.3 is 4.74 Å². The molecule has 1 N–H and O–H groups in total. The van der Waals surface area contributed by atoms with E-state index in [0.717, 1.165) is 6.26 Å². The Morgan fingerprint density at radius 1 is 1.60 bits per heavy atom. The van der Waals surface area contributed by atoms with E-state index in [0.29, 0.717) is 6.42 Å². The molecule has 0 rings (SSSR count). The maximum atomic E-state index is 11.1. The summed E-state index contributed by atoms with van der Waals surface area (Å²) in [5, 5.41) is -1.31. The lowest BCUT2D eigenvalue weighted by atomic mass is 10.1. The number of ether oxygens (including phenoxy) is 1. The maximum Gasteiger partial charge on any atom is 0.339 e. The SMILES string of the molecule is C=COC(=O)C(=C)C(CCC)S(=O)(=O)O. The molecule has 5 nitrogen and oxygen atoms in total. The summed E-state index contributed by atoms with van der Waals surface area (Å²) in [7, 11) is -4.32. The predicted octanol–water partition coefficient (Wildman–Crippen LogP) is 1.29. The standard InChI is InChI=1S/C9H14O5S/c1-4-6-8(15(11,12)13)7(3)9(10)14-5-2/h5,8H,2-4,6H2,1H3,(H,11,12,13). The fourth-order valence-electron chi connectivity index (χ4n) is 1.05. The molecule has 0 aromatic rings. The van der Waals surface area contributed by atoms with E-state index < -0.39 is 21.3 Å². The highest BCUT2D eigenvalue weighted by Crippen LogP contribution is 2.16. The van der Waals surface area contributed by atoms with Crippen LogP contribution in [0.2, 0.25) is 0 Å². The quantitative estimate of drug-likeness (QED) is 0.324. The van der Waals surface area contributed by atoms with Gasteiger partial charge in [0.05, 0.1) is 11.8 Å². The minimum Gasteiger partial charge on any atom is -0.432 e. The summed E-state index contributed by atoms with van der Waals surface area (Å²) in [5.41, 5.74) is -0.292. The highest BCUT2D eigenvalue weighted by molar-refractivity contribution is 7.86. The van der Waals surface area contributed by atoms with Crippen molar-refractivity contribution in [2.45, 2.75) is 25.0 Å². The molecule has 1 atom stereocenters. The van der Waals surface area contributed by atoms with Crippen LogP contribution in [0.3, 0.4) is 0 Å². The minimum atomic E-state index is -4.32. The van der Waals surface area contributed by atoms with Gasteiger partial charge in [-0.15, -0.1) is 0 Å². The van der Waals surface area contributed by atoms with Gasteiger partial charge in [0, 0.05) is 0 Å². The van der Waals surface area contributed by atoms with Crippen LogP contribution in [0.25, 0.3) is 0 Å². The molecule has 0 radical (unpaired) electrons. The summed E-state index contributed by atoms with van der Waals surface area (Å²) in [6, 6.07) is 0. The Hall–Kier alpha value is -1.14. The third kappa shape index (κ3) is 4.26. The second-order valence-electron chi connectivity index (χ2n) is 2.89. The Morgan fingerprint density at radius 2 is 2.13 bits per heavy atom. The van der Waals surface area contributed by atoms with Gasteiger partial charge in [0.25, 0.3) is 10.1 Å². The van der Waals surface area contributed by atoms with Crippen LogP contribution in [0.5, 0.6) is 0 Å². The van der Waals surface area contributed by atoms with Crippen LogP contribution in [0.1, 0.15) is 19.8 Å². The summed E-state index contributed by atoms with van der Waals surface area (Å²) < 4.78 is 35.1. The van der Waals surface area contributed by atoms with E-state index in [4.69, 9.17) is 4.55 Å². The molecule has 0 aliphatic heterocycles. The van der Waals surface area contributed by atoms with Crippen LogP contribution in [-0.2, 0) is 19.6 Å². The van der Waals surface area contributed by atoms with Gasteiger partial charge in [0.1, 0.15) is 5.25 Å². The molecule has 0 saturated heterocycles. The maximum absolute atomic E-state index is 11.1.